The number of hydrogen-bond donors (Lipinski definition) is 3. The molecule has 0 aromatic heterocycles. The summed E-state index contributed by atoms with van der Waals surface area (Å²) in [5.41, 5.74) is 5.55. The van der Waals surface area contributed by atoms with E-state index >= 15 is 0 Å². The van der Waals surface area contributed by atoms with Gasteiger partial charge in [-0.25, -0.2) is 0 Å². The Balaban J connectivity index is 1.83. The number of aliphatic hydroxyl groups excluding tert-OH is 1. The van der Waals surface area contributed by atoms with E-state index in [1.165, 1.54) is 6.42 Å². The van der Waals surface area contributed by atoms with Gasteiger partial charge in [-0.3, -0.25) is 4.79 Å². The molecule has 2 fully saturated rings. The smallest absolute Gasteiger partial charge is 0.240 e. The summed E-state index contributed by atoms with van der Waals surface area (Å²) >= 11 is 0. The highest BCUT2D eigenvalue weighted by Crippen LogP contribution is 2.27. The Morgan fingerprint density at radius 3 is 2.29 bits per heavy atom. The molecular formula is C13H24N2O2. The van der Waals surface area contributed by atoms with Crippen LogP contribution < -0.4 is 11.1 Å². The average Bonchev–Trinajstić information content (AvgIpc) is 2.33. The summed E-state index contributed by atoms with van der Waals surface area (Å²) in [5, 5.41) is 12.5. The molecule has 98 valence electrons. The summed E-state index contributed by atoms with van der Waals surface area (Å²) in [5.74, 6) is 0.0265. The van der Waals surface area contributed by atoms with Gasteiger partial charge in [0, 0.05) is 6.04 Å². The molecule has 0 radical (unpaired) electrons. The fraction of sp³-hybridized carbons (Fsp3) is 0.923. The highest BCUT2D eigenvalue weighted by atomic mass is 16.3. The number of amides is 1. The quantitative estimate of drug-likeness (QED) is 0.676. The highest BCUT2D eigenvalue weighted by molar-refractivity contribution is 5.86. The van der Waals surface area contributed by atoms with Crippen LogP contribution in [0.3, 0.4) is 0 Å². The van der Waals surface area contributed by atoms with Crippen molar-refractivity contribution in [1.82, 2.24) is 5.32 Å². The lowest BCUT2D eigenvalue weighted by atomic mass is 9.81. The van der Waals surface area contributed by atoms with E-state index in [1.807, 2.05) is 0 Å². The Bertz CT molecular complexity index is 267. The molecule has 2 saturated carbocycles. The Kier molecular flexibility index (Phi) is 4.05. The molecule has 4 heteroatoms. The first-order valence-corrected chi connectivity index (χ1v) is 6.88. The summed E-state index contributed by atoms with van der Waals surface area (Å²) in [6.07, 6.45) is 8.12. The van der Waals surface area contributed by atoms with Crippen molar-refractivity contribution in [3.63, 3.8) is 0 Å². The van der Waals surface area contributed by atoms with Crippen molar-refractivity contribution in [1.29, 1.82) is 0 Å². The van der Waals surface area contributed by atoms with E-state index in [4.69, 9.17) is 5.73 Å². The predicted molar refractivity (Wildman–Crippen MR) is 66.4 cm³/mol. The first-order valence-electron chi connectivity index (χ1n) is 6.88. The van der Waals surface area contributed by atoms with Crippen molar-refractivity contribution in [2.75, 3.05) is 0 Å². The Labute approximate surface area is 103 Å². The number of carbonyl (C=O) groups excluding carboxylic acids is 1. The zero-order chi connectivity index (χ0) is 12.3. The molecule has 0 aromatic rings. The van der Waals surface area contributed by atoms with Crippen LogP contribution in [0.2, 0.25) is 0 Å². The maximum Gasteiger partial charge on any atom is 0.240 e. The lowest BCUT2D eigenvalue weighted by Gasteiger charge is -2.35. The molecule has 1 amide bonds. The largest absolute Gasteiger partial charge is 0.393 e. The summed E-state index contributed by atoms with van der Waals surface area (Å²) in [6.45, 7) is 0. The van der Waals surface area contributed by atoms with Crippen LogP contribution in [-0.4, -0.2) is 28.7 Å². The van der Waals surface area contributed by atoms with Crippen molar-refractivity contribution in [3.8, 4) is 0 Å². The number of carbonyl (C=O) groups is 1. The van der Waals surface area contributed by atoms with E-state index in [0.29, 0.717) is 0 Å². The minimum absolute atomic E-state index is 0.0265. The van der Waals surface area contributed by atoms with Crippen LogP contribution in [-0.2, 0) is 4.79 Å². The molecular weight excluding hydrogens is 216 g/mol. The molecule has 0 atom stereocenters. The highest BCUT2D eigenvalue weighted by Gasteiger charge is 2.36. The minimum Gasteiger partial charge on any atom is -0.393 e. The Hall–Kier alpha value is -0.610. The fourth-order valence-electron chi connectivity index (χ4n) is 2.96. The third-order valence-corrected chi connectivity index (χ3v) is 4.23. The van der Waals surface area contributed by atoms with Gasteiger partial charge in [-0.15, -0.1) is 0 Å². The van der Waals surface area contributed by atoms with Gasteiger partial charge in [0.05, 0.1) is 11.6 Å². The maximum absolute atomic E-state index is 12.2. The summed E-state index contributed by atoms with van der Waals surface area (Å²) < 4.78 is 0. The lowest BCUT2D eigenvalue weighted by molar-refractivity contribution is -0.128. The molecule has 0 spiro atoms. The van der Waals surface area contributed by atoms with E-state index in [9.17, 15) is 9.90 Å². The topological polar surface area (TPSA) is 75.4 Å². The molecule has 0 unspecified atom stereocenters. The van der Waals surface area contributed by atoms with Crippen LogP contribution in [0.4, 0.5) is 0 Å². The van der Waals surface area contributed by atoms with Gasteiger partial charge >= 0.3 is 0 Å². The van der Waals surface area contributed by atoms with Gasteiger partial charge in [0.1, 0.15) is 0 Å². The van der Waals surface area contributed by atoms with E-state index < -0.39 is 5.54 Å². The van der Waals surface area contributed by atoms with Crippen molar-refractivity contribution < 1.29 is 9.90 Å². The van der Waals surface area contributed by atoms with Gasteiger partial charge < -0.3 is 16.2 Å². The number of rotatable bonds is 2. The summed E-state index contributed by atoms with van der Waals surface area (Å²) in [6, 6.07) is 0.216. The number of nitrogens with two attached hydrogens (primary N) is 1. The molecule has 17 heavy (non-hydrogen) atoms. The number of nitrogens with one attached hydrogen (secondary N) is 1. The minimum atomic E-state index is -0.631. The van der Waals surface area contributed by atoms with Crippen LogP contribution in [0, 0.1) is 0 Å². The number of hydrogen-bond acceptors (Lipinski definition) is 3. The van der Waals surface area contributed by atoms with Crippen molar-refractivity contribution >= 4 is 5.91 Å². The third kappa shape index (κ3) is 3.19. The second-order valence-electron chi connectivity index (χ2n) is 5.70. The van der Waals surface area contributed by atoms with Gasteiger partial charge in [0.15, 0.2) is 0 Å². The zero-order valence-electron chi connectivity index (χ0n) is 10.5. The van der Waals surface area contributed by atoms with Gasteiger partial charge in [-0.05, 0) is 38.5 Å². The van der Waals surface area contributed by atoms with Gasteiger partial charge in [0.25, 0.3) is 0 Å². The fourth-order valence-corrected chi connectivity index (χ4v) is 2.96. The molecule has 0 aliphatic heterocycles. The first-order chi connectivity index (χ1) is 8.10. The molecule has 2 aliphatic rings. The molecule has 0 saturated heterocycles. The molecule has 0 aromatic carbocycles. The lowest BCUT2D eigenvalue weighted by Crippen LogP contribution is -2.57. The zero-order valence-corrected chi connectivity index (χ0v) is 10.5. The first kappa shape index (κ1) is 12.8. The third-order valence-electron chi connectivity index (χ3n) is 4.23. The summed E-state index contributed by atoms with van der Waals surface area (Å²) in [7, 11) is 0. The SMILES string of the molecule is NC1(C(=O)NC2CCC(O)CC2)CCCCC1. The number of aliphatic hydroxyl groups is 1. The molecule has 4 N–H and O–H groups in total. The van der Waals surface area contributed by atoms with Gasteiger partial charge in [0.2, 0.25) is 5.91 Å². The van der Waals surface area contributed by atoms with E-state index in [1.54, 1.807) is 0 Å². The molecule has 2 rings (SSSR count). The van der Waals surface area contributed by atoms with Crippen LogP contribution in [0.25, 0.3) is 0 Å². The second kappa shape index (κ2) is 5.36. The summed E-state index contributed by atoms with van der Waals surface area (Å²) in [4.78, 5) is 12.2. The van der Waals surface area contributed by atoms with E-state index in [0.717, 1.165) is 51.4 Å². The Morgan fingerprint density at radius 1 is 1.12 bits per heavy atom. The average molecular weight is 240 g/mol. The predicted octanol–water partition coefficient (Wildman–Crippen LogP) is 1.07. The van der Waals surface area contributed by atoms with Gasteiger partial charge in [-0.1, -0.05) is 19.3 Å². The monoisotopic (exact) mass is 240 g/mol. The van der Waals surface area contributed by atoms with Crippen molar-refractivity contribution in [2.24, 2.45) is 5.73 Å². The second-order valence-corrected chi connectivity index (χ2v) is 5.70. The van der Waals surface area contributed by atoms with E-state index in [2.05, 4.69) is 5.32 Å². The van der Waals surface area contributed by atoms with Crippen LogP contribution in [0.5, 0.6) is 0 Å². The van der Waals surface area contributed by atoms with Crippen molar-refractivity contribution in [2.45, 2.75) is 75.5 Å². The van der Waals surface area contributed by atoms with E-state index in [-0.39, 0.29) is 18.1 Å². The Morgan fingerprint density at radius 2 is 1.71 bits per heavy atom. The molecule has 2 aliphatic carbocycles. The molecule has 0 heterocycles. The normalized spacial score (nSPS) is 33.1. The van der Waals surface area contributed by atoms with Crippen LogP contribution >= 0.6 is 0 Å². The van der Waals surface area contributed by atoms with Crippen LogP contribution in [0.15, 0.2) is 0 Å². The van der Waals surface area contributed by atoms with Crippen LogP contribution in [0.1, 0.15) is 57.8 Å². The maximum atomic E-state index is 12.2. The standard InChI is InChI=1S/C13H24N2O2/c14-13(8-2-1-3-9-13)12(17)15-10-4-6-11(16)7-5-10/h10-11,16H,1-9,14H2,(H,15,17). The van der Waals surface area contributed by atoms with Gasteiger partial charge in [-0.2, -0.15) is 0 Å². The molecule has 0 bridgehead atoms. The van der Waals surface area contributed by atoms with Crippen molar-refractivity contribution in [3.05, 3.63) is 0 Å². The molecule has 4 nitrogen and oxygen atoms in total.